The van der Waals surface area contributed by atoms with E-state index in [1.165, 1.54) is 0 Å². The number of nitrogens with zero attached hydrogens (tertiary/aromatic N) is 2. The van der Waals surface area contributed by atoms with Crippen LogP contribution in [0.25, 0.3) is 27.5 Å². The molecular formula is C16H10ClN3S. The number of hydrogen-bond donors (Lipinski definition) is 1. The van der Waals surface area contributed by atoms with Crippen molar-refractivity contribution in [3.63, 3.8) is 0 Å². The molecule has 21 heavy (non-hydrogen) atoms. The Morgan fingerprint density at radius 2 is 2.05 bits per heavy atom. The third-order valence-electron chi connectivity index (χ3n) is 3.54. The molecule has 2 heterocycles. The van der Waals surface area contributed by atoms with Crippen LogP contribution in [0.4, 0.5) is 0 Å². The molecule has 0 fully saturated rings. The second kappa shape index (κ2) is 4.69. The second-order valence-electron chi connectivity index (χ2n) is 4.80. The molecule has 0 amide bonds. The molecule has 0 saturated carbocycles. The summed E-state index contributed by atoms with van der Waals surface area (Å²) < 4.78 is 2.66. The molecule has 5 heteroatoms. The lowest BCUT2D eigenvalue weighted by atomic mass is 10.1. The molecule has 0 aliphatic heterocycles. The van der Waals surface area contributed by atoms with Gasteiger partial charge in [0.05, 0.1) is 16.7 Å². The highest BCUT2D eigenvalue weighted by atomic mass is 35.5. The Balaban J connectivity index is 2.16. The fourth-order valence-corrected chi connectivity index (χ4v) is 3.09. The molecule has 0 radical (unpaired) electrons. The van der Waals surface area contributed by atoms with Crippen molar-refractivity contribution in [2.75, 3.05) is 0 Å². The van der Waals surface area contributed by atoms with Gasteiger partial charge in [-0.1, -0.05) is 23.7 Å². The lowest BCUT2D eigenvalue weighted by Gasteiger charge is -2.08. The van der Waals surface area contributed by atoms with Crippen molar-refractivity contribution < 1.29 is 0 Å². The molecule has 0 spiro atoms. The van der Waals surface area contributed by atoms with Gasteiger partial charge in [-0.15, -0.1) is 0 Å². The molecule has 0 atom stereocenters. The minimum Gasteiger partial charge on any atom is -0.330 e. The van der Waals surface area contributed by atoms with E-state index in [0.29, 0.717) is 9.79 Å². The summed E-state index contributed by atoms with van der Waals surface area (Å²) in [5.41, 5.74) is 2.96. The number of H-pyrrole nitrogens is 1. The molecule has 2 aromatic heterocycles. The van der Waals surface area contributed by atoms with Crippen molar-refractivity contribution in [1.29, 1.82) is 0 Å². The average Bonchev–Trinajstić information content (AvgIpc) is 2.82. The number of halogens is 1. The average molecular weight is 312 g/mol. The van der Waals surface area contributed by atoms with Crippen molar-refractivity contribution in [3.8, 4) is 5.69 Å². The Bertz CT molecular complexity index is 1030. The van der Waals surface area contributed by atoms with Gasteiger partial charge in [0.25, 0.3) is 0 Å². The third kappa shape index (κ3) is 1.95. The van der Waals surface area contributed by atoms with Crippen molar-refractivity contribution in [1.82, 2.24) is 14.5 Å². The van der Waals surface area contributed by atoms with Gasteiger partial charge >= 0.3 is 0 Å². The smallest absolute Gasteiger partial charge is 0.182 e. The molecule has 1 N–H and O–H groups in total. The predicted octanol–water partition coefficient (Wildman–Crippen LogP) is 4.89. The van der Waals surface area contributed by atoms with Crippen LogP contribution >= 0.6 is 23.8 Å². The lowest BCUT2D eigenvalue weighted by Crippen LogP contribution is -1.95. The molecule has 0 unspecified atom stereocenters. The maximum Gasteiger partial charge on any atom is 0.182 e. The SMILES string of the molecule is S=c1[nH]c2ccc(Cl)cc2n1-c1cccc2cnccc12. The Morgan fingerprint density at radius 1 is 1.14 bits per heavy atom. The Morgan fingerprint density at radius 3 is 2.95 bits per heavy atom. The summed E-state index contributed by atoms with van der Waals surface area (Å²) in [6.45, 7) is 0. The van der Waals surface area contributed by atoms with Crippen LogP contribution in [-0.4, -0.2) is 14.5 Å². The van der Waals surface area contributed by atoms with E-state index < -0.39 is 0 Å². The summed E-state index contributed by atoms with van der Waals surface area (Å²) >= 11 is 11.6. The van der Waals surface area contributed by atoms with Crippen molar-refractivity contribution in [3.05, 3.63) is 64.7 Å². The summed E-state index contributed by atoms with van der Waals surface area (Å²) in [6.07, 6.45) is 3.64. The highest BCUT2D eigenvalue weighted by Gasteiger charge is 2.09. The Labute approximate surface area is 130 Å². The zero-order valence-corrected chi connectivity index (χ0v) is 12.4. The first-order valence-electron chi connectivity index (χ1n) is 6.47. The van der Waals surface area contributed by atoms with Gasteiger partial charge in [-0.25, -0.2) is 0 Å². The van der Waals surface area contributed by atoms with Gasteiger partial charge in [0, 0.05) is 28.2 Å². The van der Waals surface area contributed by atoms with Gasteiger partial charge < -0.3 is 4.98 Å². The molecule has 4 rings (SSSR count). The van der Waals surface area contributed by atoms with E-state index >= 15 is 0 Å². The highest BCUT2D eigenvalue weighted by Crippen LogP contribution is 2.27. The Hall–Kier alpha value is -2.17. The van der Waals surface area contributed by atoms with E-state index in [2.05, 4.69) is 9.97 Å². The quantitative estimate of drug-likeness (QED) is 0.508. The van der Waals surface area contributed by atoms with Crippen LogP contribution in [0.2, 0.25) is 5.02 Å². The number of nitrogens with one attached hydrogen (secondary N) is 1. The number of pyridine rings is 1. The fraction of sp³-hybridized carbons (Fsp3) is 0. The van der Waals surface area contributed by atoms with E-state index in [4.69, 9.17) is 23.8 Å². The number of benzene rings is 2. The van der Waals surface area contributed by atoms with Crippen LogP contribution in [0.1, 0.15) is 0 Å². The van der Waals surface area contributed by atoms with E-state index in [-0.39, 0.29) is 0 Å². The molecule has 0 aliphatic rings. The minimum absolute atomic E-state index is 0.650. The van der Waals surface area contributed by atoms with E-state index in [9.17, 15) is 0 Å². The topological polar surface area (TPSA) is 33.6 Å². The van der Waals surface area contributed by atoms with Crippen LogP contribution in [-0.2, 0) is 0 Å². The number of fused-ring (bicyclic) bond motifs is 2. The normalized spacial score (nSPS) is 11.3. The van der Waals surface area contributed by atoms with E-state index in [1.807, 2.05) is 53.2 Å². The first-order valence-corrected chi connectivity index (χ1v) is 7.26. The van der Waals surface area contributed by atoms with Gasteiger partial charge in [-0.05, 0) is 42.5 Å². The van der Waals surface area contributed by atoms with Gasteiger partial charge in [0.1, 0.15) is 0 Å². The molecule has 2 aromatic carbocycles. The molecule has 0 saturated heterocycles. The maximum absolute atomic E-state index is 6.13. The van der Waals surface area contributed by atoms with Crippen molar-refractivity contribution >= 4 is 45.6 Å². The number of rotatable bonds is 1. The van der Waals surface area contributed by atoms with Crippen LogP contribution < -0.4 is 0 Å². The van der Waals surface area contributed by atoms with Crippen LogP contribution in [0, 0.1) is 4.77 Å². The predicted molar refractivity (Wildman–Crippen MR) is 88.8 cm³/mol. The summed E-state index contributed by atoms with van der Waals surface area (Å²) in [4.78, 5) is 7.39. The van der Waals surface area contributed by atoms with Crippen molar-refractivity contribution in [2.24, 2.45) is 0 Å². The van der Waals surface area contributed by atoms with Crippen LogP contribution in [0.5, 0.6) is 0 Å². The van der Waals surface area contributed by atoms with Crippen LogP contribution in [0.15, 0.2) is 54.9 Å². The first-order chi connectivity index (χ1) is 10.2. The molecular weight excluding hydrogens is 302 g/mol. The first kappa shape index (κ1) is 12.6. The van der Waals surface area contributed by atoms with E-state index in [1.54, 1.807) is 6.20 Å². The summed E-state index contributed by atoms with van der Waals surface area (Å²) in [7, 11) is 0. The monoisotopic (exact) mass is 311 g/mol. The van der Waals surface area contributed by atoms with Gasteiger partial charge in [-0.3, -0.25) is 9.55 Å². The molecule has 0 bridgehead atoms. The third-order valence-corrected chi connectivity index (χ3v) is 4.06. The summed E-state index contributed by atoms with van der Waals surface area (Å²) in [6, 6.07) is 13.8. The van der Waals surface area contributed by atoms with Crippen molar-refractivity contribution in [2.45, 2.75) is 0 Å². The molecule has 4 aromatic rings. The van der Waals surface area contributed by atoms with Gasteiger partial charge in [0.15, 0.2) is 4.77 Å². The van der Waals surface area contributed by atoms with Gasteiger partial charge in [-0.2, -0.15) is 0 Å². The fourth-order valence-electron chi connectivity index (χ4n) is 2.62. The number of hydrogen-bond acceptors (Lipinski definition) is 2. The maximum atomic E-state index is 6.13. The van der Waals surface area contributed by atoms with Crippen LogP contribution in [0.3, 0.4) is 0 Å². The second-order valence-corrected chi connectivity index (χ2v) is 5.62. The summed E-state index contributed by atoms with van der Waals surface area (Å²) in [5.74, 6) is 0. The zero-order valence-electron chi connectivity index (χ0n) is 10.9. The summed E-state index contributed by atoms with van der Waals surface area (Å²) in [5, 5.41) is 2.87. The number of imidazole rings is 1. The van der Waals surface area contributed by atoms with E-state index in [0.717, 1.165) is 27.5 Å². The standard InChI is InChI=1S/C16H10ClN3S/c17-11-4-5-13-15(8-11)20(16(21)19-13)14-3-1-2-10-9-18-7-6-12(10)14/h1-9H,(H,19,21). The lowest BCUT2D eigenvalue weighted by molar-refractivity contribution is 1.08. The van der Waals surface area contributed by atoms with Gasteiger partial charge in [0.2, 0.25) is 0 Å². The largest absolute Gasteiger partial charge is 0.330 e. The zero-order chi connectivity index (χ0) is 14.4. The molecule has 3 nitrogen and oxygen atoms in total. The number of aromatic amines is 1. The Kier molecular flexibility index (Phi) is 2.80. The molecule has 0 aliphatic carbocycles. The number of aromatic nitrogens is 3. The minimum atomic E-state index is 0.650. The molecule has 102 valence electrons. The highest BCUT2D eigenvalue weighted by molar-refractivity contribution is 7.71.